The Hall–Kier alpha value is -1.94. The van der Waals surface area contributed by atoms with E-state index >= 15 is 0 Å². The zero-order valence-corrected chi connectivity index (χ0v) is 15.7. The number of alkyl carbamates (subject to hydrolysis) is 2. The minimum absolute atomic E-state index is 0.406. The fraction of sp³-hybridized carbons (Fsp3) is 0.765. The summed E-state index contributed by atoms with van der Waals surface area (Å²) in [5.74, 6) is 2.56. The third-order valence-electron chi connectivity index (χ3n) is 2.51. The van der Waals surface area contributed by atoms with Gasteiger partial charge in [-0.15, -0.1) is 6.42 Å². The Bertz CT molecular complexity index is 410. The van der Waals surface area contributed by atoms with Gasteiger partial charge in [0.25, 0.3) is 0 Å². The van der Waals surface area contributed by atoms with E-state index in [2.05, 4.69) is 16.6 Å². The lowest BCUT2D eigenvalue weighted by atomic mass is 10.2. The van der Waals surface area contributed by atoms with Crippen LogP contribution in [0.2, 0.25) is 0 Å². The average molecular weight is 341 g/mol. The van der Waals surface area contributed by atoms with Crippen LogP contribution in [-0.2, 0) is 9.47 Å². The van der Waals surface area contributed by atoms with Gasteiger partial charge in [-0.1, -0.05) is 5.92 Å². The van der Waals surface area contributed by atoms with Crippen LogP contribution < -0.4 is 10.6 Å². The van der Waals surface area contributed by atoms with Crippen molar-refractivity contribution < 1.29 is 19.1 Å². The number of ether oxygens (including phenoxy) is 2. The fourth-order valence-corrected chi connectivity index (χ4v) is 1.66. The predicted octanol–water partition coefficient (Wildman–Crippen LogP) is 1.97. The largest absolute Gasteiger partial charge is 0.444 e. The first-order valence-electron chi connectivity index (χ1n) is 8.02. The average Bonchev–Trinajstić information content (AvgIpc) is 2.34. The molecule has 0 radical (unpaired) electrons. The maximum atomic E-state index is 11.6. The van der Waals surface area contributed by atoms with Gasteiger partial charge in [-0.2, -0.15) is 0 Å². The molecule has 0 bridgehead atoms. The Labute approximate surface area is 145 Å². The van der Waals surface area contributed by atoms with E-state index in [1.54, 1.807) is 41.5 Å². The second kappa shape index (κ2) is 10.0. The Kier molecular flexibility index (Phi) is 9.22. The van der Waals surface area contributed by atoms with Crippen molar-refractivity contribution in [3.8, 4) is 12.3 Å². The minimum Gasteiger partial charge on any atom is -0.444 e. The summed E-state index contributed by atoms with van der Waals surface area (Å²) in [4.78, 5) is 25.1. The number of amides is 2. The Morgan fingerprint density at radius 2 is 1.29 bits per heavy atom. The van der Waals surface area contributed by atoms with Crippen LogP contribution in [-0.4, -0.2) is 61.0 Å². The molecular weight excluding hydrogens is 310 g/mol. The summed E-state index contributed by atoms with van der Waals surface area (Å²) in [5.41, 5.74) is -1.06. The molecule has 0 aliphatic carbocycles. The first-order chi connectivity index (χ1) is 10.9. The summed E-state index contributed by atoms with van der Waals surface area (Å²) < 4.78 is 10.3. The zero-order chi connectivity index (χ0) is 18.8. The zero-order valence-electron chi connectivity index (χ0n) is 15.7. The molecule has 0 saturated heterocycles. The molecule has 0 aliphatic rings. The molecule has 0 heterocycles. The highest BCUT2D eigenvalue weighted by atomic mass is 16.6. The number of carbonyl (C=O) groups excluding carboxylic acids is 2. The van der Waals surface area contributed by atoms with E-state index < -0.39 is 23.4 Å². The first-order valence-corrected chi connectivity index (χ1v) is 8.02. The molecule has 0 aromatic heterocycles. The Morgan fingerprint density at radius 1 is 0.917 bits per heavy atom. The molecule has 2 N–H and O–H groups in total. The molecule has 0 fully saturated rings. The molecule has 0 unspecified atom stereocenters. The van der Waals surface area contributed by atoms with E-state index in [0.717, 1.165) is 0 Å². The smallest absolute Gasteiger partial charge is 0.407 e. The number of nitrogens with one attached hydrogen (secondary N) is 2. The fourth-order valence-electron chi connectivity index (χ4n) is 1.66. The number of carbonyl (C=O) groups is 2. The van der Waals surface area contributed by atoms with Gasteiger partial charge in [-0.25, -0.2) is 9.59 Å². The van der Waals surface area contributed by atoms with E-state index in [0.29, 0.717) is 32.7 Å². The van der Waals surface area contributed by atoms with Crippen LogP contribution in [0.3, 0.4) is 0 Å². The number of hydrogen-bond acceptors (Lipinski definition) is 5. The number of rotatable bonds is 7. The van der Waals surface area contributed by atoms with Crippen LogP contribution in [0.5, 0.6) is 0 Å². The SMILES string of the molecule is C#CCN(CCNC(=O)OC(C)(C)C)CCNC(=O)OC(C)(C)C. The van der Waals surface area contributed by atoms with Crippen molar-refractivity contribution in [2.45, 2.75) is 52.7 Å². The number of hydrogen-bond donors (Lipinski definition) is 2. The summed E-state index contributed by atoms with van der Waals surface area (Å²) in [6, 6.07) is 0. The summed E-state index contributed by atoms with van der Waals surface area (Å²) in [7, 11) is 0. The van der Waals surface area contributed by atoms with E-state index in [1.807, 2.05) is 4.90 Å². The van der Waals surface area contributed by atoms with Crippen LogP contribution in [0.25, 0.3) is 0 Å². The van der Waals surface area contributed by atoms with Gasteiger partial charge < -0.3 is 20.1 Å². The van der Waals surface area contributed by atoms with Gasteiger partial charge in [0.2, 0.25) is 0 Å². The van der Waals surface area contributed by atoms with Gasteiger partial charge in [0, 0.05) is 26.2 Å². The predicted molar refractivity (Wildman–Crippen MR) is 93.7 cm³/mol. The van der Waals surface area contributed by atoms with Crippen molar-refractivity contribution in [2.24, 2.45) is 0 Å². The Balaban J connectivity index is 4.08. The molecule has 0 atom stereocenters. The summed E-state index contributed by atoms with van der Waals surface area (Å²) in [5, 5.41) is 5.35. The molecule has 2 amide bonds. The van der Waals surface area contributed by atoms with Crippen LogP contribution in [0, 0.1) is 12.3 Å². The van der Waals surface area contributed by atoms with Gasteiger partial charge in [0.1, 0.15) is 11.2 Å². The van der Waals surface area contributed by atoms with Gasteiger partial charge in [0.05, 0.1) is 6.54 Å². The minimum atomic E-state index is -0.528. The Morgan fingerprint density at radius 3 is 1.58 bits per heavy atom. The second-order valence-electron chi connectivity index (χ2n) is 7.34. The molecule has 0 saturated carbocycles. The van der Waals surface area contributed by atoms with E-state index in [1.165, 1.54) is 0 Å². The lowest BCUT2D eigenvalue weighted by molar-refractivity contribution is 0.0520. The highest BCUT2D eigenvalue weighted by Crippen LogP contribution is 2.06. The molecule has 7 nitrogen and oxygen atoms in total. The molecule has 7 heteroatoms. The van der Waals surface area contributed by atoms with Gasteiger partial charge in [0.15, 0.2) is 0 Å². The normalized spacial score (nSPS) is 11.6. The van der Waals surface area contributed by atoms with E-state index in [-0.39, 0.29) is 0 Å². The van der Waals surface area contributed by atoms with Crippen LogP contribution in [0.1, 0.15) is 41.5 Å². The quantitative estimate of drug-likeness (QED) is 0.692. The van der Waals surface area contributed by atoms with Crippen molar-refractivity contribution in [1.82, 2.24) is 15.5 Å². The summed E-state index contributed by atoms with van der Waals surface area (Å²) in [6.45, 7) is 13.2. The second-order valence-corrected chi connectivity index (χ2v) is 7.34. The van der Waals surface area contributed by atoms with Gasteiger partial charge in [-0.3, -0.25) is 4.90 Å². The van der Waals surface area contributed by atoms with Crippen LogP contribution in [0.4, 0.5) is 9.59 Å². The van der Waals surface area contributed by atoms with Crippen molar-refractivity contribution >= 4 is 12.2 Å². The number of terminal acetylenes is 1. The topological polar surface area (TPSA) is 79.9 Å². The highest BCUT2D eigenvalue weighted by Gasteiger charge is 2.17. The molecule has 0 aromatic carbocycles. The molecule has 0 aliphatic heterocycles. The van der Waals surface area contributed by atoms with Crippen molar-refractivity contribution in [3.05, 3.63) is 0 Å². The van der Waals surface area contributed by atoms with E-state index in [9.17, 15) is 9.59 Å². The molecule has 0 aromatic rings. The number of nitrogens with zero attached hydrogens (tertiary/aromatic N) is 1. The lowest BCUT2D eigenvalue weighted by Gasteiger charge is -2.23. The van der Waals surface area contributed by atoms with E-state index in [4.69, 9.17) is 15.9 Å². The molecule has 0 rings (SSSR count). The third kappa shape index (κ3) is 13.7. The van der Waals surface area contributed by atoms with Crippen molar-refractivity contribution in [1.29, 1.82) is 0 Å². The lowest BCUT2D eigenvalue weighted by Crippen LogP contribution is -2.41. The van der Waals surface area contributed by atoms with Crippen LogP contribution in [0.15, 0.2) is 0 Å². The monoisotopic (exact) mass is 341 g/mol. The van der Waals surface area contributed by atoms with Crippen molar-refractivity contribution in [2.75, 3.05) is 32.7 Å². The van der Waals surface area contributed by atoms with Crippen molar-refractivity contribution in [3.63, 3.8) is 0 Å². The highest BCUT2D eigenvalue weighted by molar-refractivity contribution is 5.68. The van der Waals surface area contributed by atoms with Gasteiger partial charge in [-0.05, 0) is 41.5 Å². The molecule has 24 heavy (non-hydrogen) atoms. The van der Waals surface area contributed by atoms with Gasteiger partial charge >= 0.3 is 12.2 Å². The maximum absolute atomic E-state index is 11.6. The third-order valence-corrected chi connectivity index (χ3v) is 2.51. The first kappa shape index (κ1) is 22.1. The standard InChI is InChI=1S/C17H31N3O4/c1-8-11-20(12-9-18-14(21)23-16(2,3)4)13-10-19-15(22)24-17(5,6)7/h1H,9-13H2,2-7H3,(H,18,21)(H,19,22). The molecule has 138 valence electrons. The molecular formula is C17H31N3O4. The maximum Gasteiger partial charge on any atom is 0.407 e. The van der Waals surface area contributed by atoms with Crippen LogP contribution >= 0.6 is 0 Å². The molecule has 0 spiro atoms. The summed E-state index contributed by atoms with van der Waals surface area (Å²) >= 11 is 0. The summed E-state index contributed by atoms with van der Waals surface area (Å²) in [6.07, 6.45) is 4.42.